The van der Waals surface area contributed by atoms with Crippen LogP contribution in [-0.4, -0.2) is 161 Å². The zero-order chi connectivity index (χ0) is 73.1. The van der Waals surface area contributed by atoms with Crippen molar-refractivity contribution >= 4 is 201 Å². The number of aliphatic hydroxyl groups is 1. The Balaban J connectivity index is 0.703. The number of aromatic nitrogens is 2. The Morgan fingerprint density at radius 2 is 1.28 bits per heavy atom. The number of phenols is 1. The zero-order valence-electron chi connectivity index (χ0n) is 54.8. The number of aromatic hydroxyl groups is 1. The molecule has 5 heterocycles. The summed E-state index contributed by atoms with van der Waals surface area (Å²) in [6, 6.07) is 4.59. The van der Waals surface area contributed by atoms with Gasteiger partial charge in [-0.2, -0.15) is 25.5 Å². The number of fused-ring (bicyclic) bond motifs is 3. The summed E-state index contributed by atoms with van der Waals surface area (Å²) in [5.74, 6) is -4.05. The summed E-state index contributed by atoms with van der Waals surface area (Å²) in [6.45, 7) is 1.96. The number of thioether (sulfide) groups is 1. The summed E-state index contributed by atoms with van der Waals surface area (Å²) < 4.78 is 58.8. The fourth-order valence-corrected chi connectivity index (χ4v) is 18.2. The number of nitrogens with zero attached hydrogens (tertiary/aromatic N) is 3. The van der Waals surface area contributed by atoms with Crippen molar-refractivity contribution in [2.75, 3.05) is 70.6 Å². The lowest BCUT2D eigenvalue weighted by Crippen LogP contribution is -2.43. The van der Waals surface area contributed by atoms with Gasteiger partial charge in [-0.05, 0) is 147 Å². The van der Waals surface area contributed by atoms with Crippen LogP contribution in [0.1, 0.15) is 145 Å². The third-order valence-corrected chi connectivity index (χ3v) is 24.4. The number of benzene rings is 3. The van der Waals surface area contributed by atoms with Crippen molar-refractivity contribution in [3.63, 3.8) is 0 Å². The Labute approximate surface area is 660 Å². The number of amides is 5. The number of carbonyl (C=O) groups excluding carboxylic acids is 6. The molecule has 4 aliphatic heterocycles. The van der Waals surface area contributed by atoms with Crippen LogP contribution in [0.5, 0.6) is 5.75 Å². The van der Waals surface area contributed by atoms with Gasteiger partial charge in [0, 0.05) is 97.8 Å². The number of nitrogens with two attached hydrogens (primary N) is 1. The van der Waals surface area contributed by atoms with Gasteiger partial charge in [-0.3, -0.25) is 28.6 Å². The molecule has 1 aliphatic carbocycles. The van der Waals surface area contributed by atoms with Crippen LogP contribution in [0, 0.1) is 14.3 Å². The van der Waals surface area contributed by atoms with Gasteiger partial charge in [-0.25, -0.2) is 19.2 Å². The normalized spacial score (nSPS) is 18.4. The molecule has 5 amide bonds. The number of urea groups is 1. The molecule has 35 heteroatoms. The Kier molecular flexibility index (Phi) is 33.0. The van der Waals surface area contributed by atoms with Gasteiger partial charge in [0.05, 0.1) is 61.7 Å². The minimum Gasteiger partial charge on any atom is -0.506 e. The van der Waals surface area contributed by atoms with Crippen LogP contribution in [0.3, 0.4) is 0 Å². The standard InChI is InChI=1S/C66H79Cl4F2I4N9O15S/c67-49-47(46-35-31-37(73)56(89)53(75)58(35)100-59-36(46)32-38(74)57(90)54(59)76)48(50(68)52(70)51(49)69)61(92)96-29-15-10-6-8-12-19-44(87)79-23-27-84(28-24-80-45(88)20-14-13-17-41-55-39(34-101-41)81-63(93)83-55)26-22-78-43(86)18-11-7-4-2-1-3-5-9-16-30-97-65(95)98-33-40-60(91)66(71,72)62(99-40)85-25-21-42(77)82-64(85)94/h21,25,31-32,39-41,55,60,62,89,91H,1-20,22-24,26-30,33-34H2,(H,78,86)(H,79,87)(H,80,88)(H2,77,82,94)(H2,81,83,93)/t39?,40-,41?,55?,60-,62-/m1/s1. The van der Waals surface area contributed by atoms with Gasteiger partial charge in [0.2, 0.25) is 29.4 Å². The van der Waals surface area contributed by atoms with E-state index in [1.807, 2.05) is 102 Å². The maximum atomic E-state index is 14.8. The number of unbranched alkanes of at least 4 members (excludes halogenated alkanes) is 13. The van der Waals surface area contributed by atoms with E-state index >= 15 is 0 Å². The first-order valence-electron chi connectivity index (χ1n) is 33.3. The Hall–Kier alpha value is -3.80. The van der Waals surface area contributed by atoms with Gasteiger partial charge in [0.25, 0.3) is 0 Å². The van der Waals surface area contributed by atoms with Crippen LogP contribution in [0.4, 0.5) is 24.2 Å². The first-order chi connectivity index (χ1) is 48.3. The van der Waals surface area contributed by atoms with E-state index in [0.717, 1.165) is 101 Å². The molecule has 101 heavy (non-hydrogen) atoms. The molecule has 2 aromatic carbocycles. The highest BCUT2D eigenvalue weighted by Crippen LogP contribution is 2.53. The molecule has 24 nitrogen and oxygen atoms in total. The molecule has 6 atom stereocenters. The first-order valence-corrected chi connectivity index (χ1v) is 40.2. The van der Waals surface area contributed by atoms with Crippen molar-refractivity contribution in [2.45, 2.75) is 170 Å². The molecule has 3 saturated heterocycles. The number of nitrogen functional groups attached to an aromatic ring is 1. The minimum absolute atomic E-state index is 0.0236. The number of halogens is 10. The number of alkyl halides is 2. The lowest BCUT2D eigenvalue weighted by Gasteiger charge is -2.23. The van der Waals surface area contributed by atoms with Gasteiger partial charge in [-0.1, -0.05) is 117 Å². The number of carbonyl (C=O) groups is 6. The number of hydrogen-bond donors (Lipinski definition) is 8. The number of anilines is 1. The molecule has 3 fully saturated rings. The highest BCUT2D eigenvalue weighted by molar-refractivity contribution is 14.1. The molecule has 0 spiro atoms. The van der Waals surface area contributed by atoms with Crippen molar-refractivity contribution < 1.29 is 71.1 Å². The Morgan fingerprint density at radius 3 is 1.87 bits per heavy atom. The third kappa shape index (κ3) is 22.6. The second-order valence-electron chi connectivity index (χ2n) is 24.7. The maximum Gasteiger partial charge on any atom is 0.508 e. The van der Waals surface area contributed by atoms with Crippen molar-refractivity contribution in [1.82, 2.24) is 41.0 Å². The quantitative estimate of drug-likeness (QED) is 0.00345. The van der Waals surface area contributed by atoms with Crippen molar-refractivity contribution in [3.8, 4) is 28.2 Å². The SMILES string of the molecule is Nc1ccn([C@@H]2O[C@H](COC(=O)OCCCCCCCCCCCC(=O)NCCN(CCNC(=O)CCCCCCCOC(=O)c3c(Cl)c(Cl)c(Cl)c(Cl)c3-c3c4cc(I)c(=O)c(I)c-4oc4c(I)c(O)c(I)cc34)CCNC(=O)CCCCC3SCC4NC(=O)NC43)[C@@H](O)C2(F)F)c(=O)n1. The molecule has 3 unspecified atom stereocenters. The number of hydrogen-bond acceptors (Lipinski definition) is 19. The second-order valence-corrected chi connectivity index (χ2v) is 32.0. The molecule has 5 aliphatic rings. The molecular formula is C66H79Cl4F2I4N9O15S. The predicted molar refractivity (Wildman–Crippen MR) is 416 cm³/mol. The smallest absolute Gasteiger partial charge is 0.506 e. The number of nitrogens with one attached hydrogen (secondary N) is 5. The molecule has 8 rings (SSSR count). The average Bonchev–Trinajstić information content (AvgIpc) is 1.57. The number of phenolic OH excluding ortho intramolecular Hbond substituents is 1. The molecule has 1 aromatic heterocycles. The van der Waals surface area contributed by atoms with E-state index in [2.05, 4.69) is 36.5 Å². The number of rotatable bonds is 39. The van der Waals surface area contributed by atoms with Gasteiger partial charge in [0.1, 0.15) is 27.8 Å². The van der Waals surface area contributed by atoms with Gasteiger partial charge >= 0.3 is 29.8 Å². The van der Waals surface area contributed by atoms with E-state index in [1.54, 1.807) is 12.1 Å². The second kappa shape index (κ2) is 40.2. The fourth-order valence-electron chi connectivity index (χ4n) is 12.1. The lowest BCUT2D eigenvalue weighted by atomic mass is 9.90. The number of ether oxygens (including phenoxy) is 4. The fraction of sp³-hybridized carbons (Fsp3) is 0.561. The van der Waals surface area contributed by atoms with Crippen LogP contribution in [0.25, 0.3) is 33.4 Å². The van der Waals surface area contributed by atoms with Crippen molar-refractivity contribution in [2.24, 2.45) is 0 Å². The molecule has 0 saturated carbocycles. The molecule has 0 radical (unpaired) electrons. The summed E-state index contributed by atoms with van der Waals surface area (Å²) in [6.07, 6.45) is 8.37. The van der Waals surface area contributed by atoms with E-state index < -0.39 is 48.8 Å². The lowest BCUT2D eigenvalue weighted by molar-refractivity contribution is -0.141. The third-order valence-electron chi connectivity index (χ3n) is 17.5. The first kappa shape index (κ1) is 82.8. The summed E-state index contributed by atoms with van der Waals surface area (Å²) >= 11 is 36.8. The highest BCUT2D eigenvalue weighted by atomic mass is 127. The molecule has 3 aromatic rings. The number of esters is 1. The summed E-state index contributed by atoms with van der Waals surface area (Å²) in [4.78, 5) is 108. The summed E-state index contributed by atoms with van der Waals surface area (Å²) in [5.41, 5.74) is 5.07. The van der Waals surface area contributed by atoms with Gasteiger partial charge in [0.15, 0.2) is 17.4 Å². The van der Waals surface area contributed by atoms with Crippen LogP contribution in [-0.2, 0) is 33.3 Å². The average molecular weight is 1960 g/mol. The largest absolute Gasteiger partial charge is 0.508 e. The van der Waals surface area contributed by atoms with E-state index in [9.17, 15) is 57.4 Å². The minimum atomic E-state index is -3.89. The monoisotopic (exact) mass is 1960 g/mol. The summed E-state index contributed by atoms with van der Waals surface area (Å²) in [7, 11) is 0. The van der Waals surface area contributed by atoms with Crippen LogP contribution in [0.2, 0.25) is 20.1 Å². The van der Waals surface area contributed by atoms with Crippen molar-refractivity contribution in [1.29, 1.82) is 0 Å². The van der Waals surface area contributed by atoms with Crippen LogP contribution < -0.4 is 43.4 Å². The summed E-state index contributed by atoms with van der Waals surface area (Å²) in [5, 5.41) is 36.4. The van der Waals surface area contributed by atoms with E-state index in [4.69, 9.17) is 75.5 Å². The maximum absolute atomic E-state index is 14.8. The topological polar surface area (TPSA) is 334 Å². The van der Waals surface area contributed by atoms with Crippen LogP contribution >= 0.6 is 149 Å². The Bertz CT molecular complexity index is 3870. The zero-order valence-corrected chi connectivity index (χ0v) is 67.3. The highest BCUT2D eigenvalue weighted by Gasteiger charge is 2.60. The van der Waals surface area contributed by atoms with E-state index in [1.165, 1.54) is 0 Å². The Morgan fingerprint density at radius 1 is 0.723 bits per heavy atom. The van der Waals surface area contributed by atoms with Gasteiger partial charge in [-0.15, -0.1) is 0 Å². The van der Waals surface area contributed by atoms with Crippen LogP contribution in [0.15, 0.2) is 38.4 Å². The van der Waals surface area contributed by atoms with E-state index in [-0.39, 0.29) is 112 Å². The predicted octanol–water partition coefficient (Wildman–Crippen LogP) is 13.0. The molecule has 0 bridgehead atoms. The van der Waals surface area contributed by atoms with Crippen molar-refractivity contribution in [3.05, 3.63) is 85.0 Å². The number of aliphatic hydroxyl groups excluding tert-OH is 1. The van der Waals surface area contributed by atoms with E-state index in [0.29, 0.717) is 121 Å². The van der Waals surface area contributed by atoms with Gasteiger partial charge < -0.3 is 65.9 Å². The molecule has 9 N–H and O–H groups in total. The molecule has 554 valence electrons. The molecular weight excluding hydrogens is 1880 g/mol.